The molecule has 22 nitrogen and oxygen atoms in total. The van der Waals surface area contributed by atoms with Gasteiger partial charge < -0.3 is 59.1 Å². The fourth-order valence-electron chi connectivity index (χ4n) is 11.1. The van der Waals surface area contributed by atoms with Gasteiger partial charge in [0.15, 0.2) is 12.6 Å². The number of amides is 2. The number of sulfonamides is 2. The Morgan fingerprint density at radius 1 is 0.575 bits per heavy atom. The maximum absolute atomic E-state index is 13.8. The van der Waals surface area contributed by atoms with Crippen LogP contribution < -0.4 is 15.4 Å². The summed E-state index contributed by atoms with van der Waals surface area (Å²) in [5.41, 5.74) is 1.69. The van der Waals surface area contributed by atoms with Gasteiger partial charge in [-0.05, 0) is 125 Å². The number of benzene rings is 4. The Morgan fingerprint density at radius 3 is 1.33 bits per heavy atom. The van der Waals surface area contributed by atoms with Crippen LogP contribution in [-0.2, 0) is 71.0 Å². The number of hydroxylamine groups is 2. The predicted octanol–water partition coefficient (Wildman–Crippen LogP) is 8.31. The Hall–Kier alpha value is -5.00. The fraction of sp³-hybridized carbons (Fsp3) is 0.581. The molecule has 4 aliphatic heterocycles. The van der Waals surface area contributed by atoms with Crippen molar-refractivity contribution >= 4 is 48.2 Å². The van der Waals surface area contributed by atoms with E-state index in [1.54, 1.807) is 12.1 Å². The monoisotopic (exact) mass is 1320 g/mol. The molecule has 2 aliphatic carbocycles. The number of aliphatic hydroxyl groups is 2. The smallest absolute Gasteiger partial charge is 0.407 e. The number of alkyl carbamates (subject to hydrolysis) is 2. The van der Waals surface area contributed by atoms with Crippen LogP contribution in [0.25, 0.3) is 0 Å². The first-order chi connectivity index (χ1) is 41.7. The number of carbonyl (C=O) groups excluding carboxylic acids is 2. The molecular formula is C62H85BrN4O18S2. The third-order valence-corrected chi connectivity index (χ3v) is 18.9. The number of hydrogen-bond donors (Lipinski definition) is 5. The Morgan fingerprint density at radius 2 is 0.954 bits per heavy atom. The molecule has 4 saturated heterocycles. The van der Waals surface area contributed by atoms with Crippen LogP contribution >= 0.6 is 15.9 Å². The van der Waals surface area contributed by atoms with Crippen molar-refractivity contribution in [2.24, 2.45) is 11.8 Å². The van der Waals surface area contributed by atoms with Crippen LogP contribution in [0.2, 0.25) is 0 Å². The number of hydrogen-bond acceptors (Lipinski definition) is 18. The van der Waals surface area contributed by atoms with E-state index in [-0.39, 0.29) is 84.3 Å². The van der Waals surface area contributed by atoms with Gasteiger partial charge in [0.1, 0.15) is 23.7 Å². The van der Waals surface area contributed by atoms with E-state index in [0.29, 0.717) is 36.6 Å². The molecule has 6 aliphatic rings. The van der Waals surface area contributed by atoms with Crippen LogP contribution in [0, 0.1) is 11.8 Å². The van der Waals surface area contributed by atoms with Crippen molar-refractivity contribution in [2.75, 3.05) is 39.5 Å². The molecule has 2 amide bonds. The third kappa shape index (κ3) is 20.0. The Labute approximate surface area is 519 Å². The summed E-state index contributed by atoms with van der Waals surface area (Å²) in [6, 6.07) is 28.1. The predicted molar refractivity (Wildman–Crippen MR) is 323 cm³/mol. The second kappa shape index (κ2) is 32.7. The number of aliphatic hydroxyl groups excluding tert-OH is 2. The van der Waals surface area contributed by atoms with Gasteiger partial charge in [-0.3, -0.25) is 9.68 Å². The summed E-state index contributed by atoms with van der Waals surface area (Å²) in [5.74, 6) is 0.386. The molecule has 10 rings (SSSR count). The fourth-order valence-corrected chi connectivity index (χ4v) is 13.7. The standard InChI is InChI=1S/C31H42N2O9S.C28H36N2O9S.C3H7Br/c1-21(2)40-23-12-14-25(15-13-23)43(36,37)33(42-24-10-6-7-11-24)19-28(34)27(18-22-8-4-3-5-9-22)32-31(35)41-29-20-39-30-26(29)16-17-38-30;31-20-10-12-22(13-11-20)40(34,35)30(39-21-8-4-5-9-21)17-25(32)24(16-19-6-2-1-3-7-19)29-28(33)38-26-18-37-27-23(26)14-15-36-27;1-3(2)4/h3-5,8-9,12-15,21,24,26-30,34H,6-7,10-11,16-20H2,1-2H3,(H,32,35);1-3,6-7,10-13,21,23-27,31-32H,4-5,8-9,14-18H2,(H,29,33);3H,1-2H3/t26-,27-,28+,29?,30+;23-,24-,25+,26?,27+;/m00./s1. The number of aromatic hydroxyl groups is 1. The van der Waals surface area contributed by atoms with E-state index in [9.17, 15) is 41.7 Å². The highest BCUT2D eigenvalue weighted by atomic mass is 79.9. The summed E-state index contributed by atoms with van der Waals surface area (Å²) in [6.07, 6.45) is 2.00. The van der Waals surface area contributed by atoms with Crippen LogP contribution in [0.5, 0.6) is 11.5 Å². The zero-order valence-electron chi connectivity index (χ0n) is 49.8. The zero-order chi connectivity index (χ0) is 62.1. The van der Waals surface area contributed by atoms with Gasteiger partial charge in [-0.2, -0.15) is 0 Å². The SMILES string of the molecule is CC(C)Br.CC(C)Oc1ccc(S(=O)(=O)N(C[C@@H](O)[C@H](Cc2ccccc2)NC(=O)OC2CO[C@H]3OCC[C@@H]23)OC2CCCC2)cc1.O=C(N[C@@H](Cc1ccccc1)[C@H](O)CN(OC1CCCC1)S(=O)(=O)c1ccc(O)cc1)OC1CO[C@H]2OCC[C@@H]12. The molecule has 480 valence electrons. The highest BCUT2D eigenvalue weighted by Gasteiger charge is 2.46. The molecule has 5 N–H and O–H groups in total. The van der Waals surface area contributed by atoms with E-state index < -0.39 is 81.8 Å². The molecule has 0 bridgehead atoms. The third-order valence-electron chi connectivity index (χ3n) is 15.6. The topological polar surface area (TPSA) is 277 Å². The number of carbonyl (C=O) groups is 2. The van der Waals surface area contributed by atoms with Crippen molar-refractivity contribution in [2.45, 2.75) is 187 Å². The maximum atomic E-state index is 13.8. The first kappa shape index (κ1) is 67.9. The number of nitrogens with zero attached hydrogens (tertiary/aromatic N) is 2. The highest BCUT2D eigenvalue weighted by Crippen LogP contribution is 2.35. The average Bonchev–Trinajstić information content (AvgIpc) is 1.85. The number of nitrogens with one attached hydrogen (secondary N) is 2. The molecule has 0 spiro atoms. The van der Waals surface area contributed by atoms with Crippen LogP contribution in [-0.4, -0.2) is 165 Å². The molecule has 10 atom stereocenters. The van der Waals surface area contributed by atoms with E-state index in [1.165, 1.54) is 36.4 Å². The first-order valence-corrected chi connectivity index (χ1v) is 33.9. The lowest BCUT2D eigenvalue weighted by atomic mass is 10.0. The second-order valence-corrected chi connectivity index (χ2v) is 28.6. The van der Waals surface area contributed by atoms with E-state index in [1.807, 2.05) is 74.5 Å². The van der Waals surface area contributed by atoms with Crippen LogP contribution in [0.15, 0.2) is 119 Å². The van der Waals surface area contributed by atoms with Gasteiger partial charge in [0.05, 0.1) is 104 Å². The van der Waals surface area contributed by atoms with Crippen molar-refractivity contribution < 1.29 is 84.6 Å². The molecule has 6 fully saturated rings. The van der Waals surface area contributed by atoms with Crippen molar-refractivity contribution in [1.29, 1.82) is 0 Å². The molecular weight excluding hydrogens is 1230 g/mol. The summed E-state index contributed by atoms with van der Waals surface area (Å²) in [7, 11) is -8.37. The number of rotatable bonds is 24. The van der Waals surface area contributed by atoms with E-state index in [2.05, 4.69) is 40.4 Å². The Balaban J connectivity index is 0.000000213. The lowest BCUT2D eigenvalue weighted by molar-refractivity contribution is -0.145. The molecule has 25 heteroatoms. The molecule has 4 heterocycles. The largest absolute Gasteiger partial charge is 0.508 e. The minimum absolute atomic E-state index is 0.00958. The summed E-state index contributed by atoms with van der Waals surface area (Å²) in [5, 5.41) is 38.1. The lowest BCUT2D eigenvalue weighted by Crippen LogP contribution is -2.51. The van der Waals surface area contributed by atoms with Gasteiger partial charge in [-0.25, -0.2) is 26.4 Å². The number of fused-ring (bicyclic) bond motifs is 2. The van der Waals surface area contributed by atoms with Gasteiger partial charge >= 0.3 is 12.2 Å². The van der Waals surface area contributed by atoms with E-state index in [0.717, 1.165) is 71.4 Å². The normalized spacial score (nSPS) is 23.5. The quantitative estimate of drug-likeness (QED) is 0.0326. The molecule has 0 aromatic heterocycles. The second-order valence-electron chi connectivity index (χ2n) is 23.1. The number of phenolic OH excluding ortho intramolecular Hbond substituents is 1. The summed E-state index contributed by atoms with van der Waals surface area (Å²) < 4.78 is 95.7. The molecule has 0 radical (unpaired) electrons. The minimum atomic E-state index is -4.20. The number of alkyl halides is 1. The van der Waals surface area contributed by atoms with E-state index in [4.69, 9.17) is 42.8 Å². The maximum Gasteiger partial charge on any atom is 0.407 e. The average molecular weight is 1320 g/mol. The van der Waals surface area contributed by atoms with Crippen molar-refractivity contribution in [3.05, 3.63) is 120 Å². The van der Waals surface area contributed by atoms with Crippen molar-refractivity contribution in [1.82, 2.24) is 19.6 Å². The zero-order valence-corrected chi connectivity index (χ0v) is 53.0. The summed E-state index contributed by atoms with van der Waals surface area (Å²) >= 11 is 3.27. The summed E-state index contributed by atoms with van der Waals surface area (Å²) in [6.45, 7) is 8.66. The van der Waals surface area contributed by atoms with Crippen molar-refractivity contribution in [3.63, 3.8) is 0 Å². The molecule has 87 heavy (non-hydrogen) atoms. The number of halogens is 1. The minimum Gasteiger partial charge on any atom is -0.508 e. The molecule has 4 aromatic rings. The Kier molecular flexibility index (Phi) is 25.5. The van der Waals surface area contributed by atoms with E-state index >= 15 is 0 Å². The number of phenols is 1. The van der Waals surface area contributed by atoms with Gasteiger partial charge in [0.2, 0.25) is 0 Å². The van der Waals surface area contributed by atoms with Crippen LogP contribution in [0.3, 0.4) is 0 Å². The van der Waals surface area contributed by atoms with Crippen LogP contribution in [0.1, 0.15) is 103 Å². The van der Waals surface area contributed by atoms with Gasteiger partial charge in [0, 0.05) is 4.83 Å². The highest BCUT2D eigenvalue weighted by molar-refractivity contribution is 9.09. The molecule has 2 saturated carbocycles. The van der Waals surface area contributed by atoms with Gasteiger partial charge in [0.25, 0.3) is 20.0 Å². The van der Waals surface area contributed by atoms with Gasteiger partial charge in [-0.15, -0.1) is 0 Å². The van der Waals surface area contributed by atoms with Crippen LogP contribution in [0.4, 0.5) is 9.59 Å². The Bertz CT molecular complexity index is 2960. The van der Waals surface area contributed by atoms with Crippen molar-refractivity contribution in [3.8, 4) is 11.5 Å². The van der Waals surface area contributed by atoms with Gasteiger partial charge in [-0.1, -0.05) is 125 Å². The molecule has 2 unspecified atom stereocenters. The lowest BCUT2D eigenvalue weighted by Gasteiger charge is -2.31. The first-order valence-electron chi connectivity index (χ1n) is 30.1. The molecule has 4 aromatic carbocycles. The summed E-state index contributed by atoms with van der Waals surface area (Å²) in [4.78, 5) is 38.6. The number of ether oxygens (including phenoxy) is 7.